The van der Waals surface area contributed by atoms with Gasteiger partial charge < -0.3 is 0 Å². The lowest BCUT2D eigenvalue weighted by Crippen LogP contribution is -2.06. The first-order chi connectivity index (χ1) is 13.2. The second-order valence-electron chi connectivity index (χ2n) is 6.20. The van der Waals surface area contributed by atoms with Crippen LogP contribution in [0.3, 0.4) is 0 Å². The number of hydrogen-bond donors (Lipinski definition) is 0. The maximum Gasteiger partial charge on any atom is 0.202 e. The molecule has 0 radical (unpaired) electrons. The van der Waals surface area contributed by atoms with Crippen molar-refractivity contribution in [1.82, 2.24) is 0 Å². The Bertz CT molecular complexity index is 1000. The predicted octanol–water partition coefficient (Wildman–Crippen LogP) is 5.69. The second kappa shape index (κ2) is 9.15. The van der Waals surface area contributed by atoms with Gasteiger partial charge in [0.1, 0.15) is 0 Å². The van der Waals surface area contributed by atoms with Gasteiger partial charge in [0.25, 0.3) is 0 Å². The summed E-state index contributed by atoms with van der Waals surface area (Å²) in [4.78, 5) is 0.752. The molecule has 3 rings (SSSR count). The molecule has 0 aliphatic heterocycles. The fourth-order valence-corrected chi connectivity index (χ4v) is 4.25. The average Bonchev–Trinajstić information content (AvgIpc) is 2.72. The summed E-state index contributed by atoms with van der Waals surface area (Å²) < 4.78 is 26.2. The van der Waals surface area contributed by atoms with E-state index in [2.05, 4.69) is 0 Å². The molecule has 0 unspecified atom stereocenters. The highest BCUT2D eigenvalue weighted by Gasteiger charge is 2.19. The Morgan fingerprint density at radius 2 is 1.30 bits per heavy atom. The number of allylic oxidation sites excluding steroid dienone is 3. The topological polar surface area (TPSA) is 34.1 Å². The van der Waals surface area contributed by atoms with Gasteiger partial charge in [-0.05, 0) is 42.2 Å². The van der Waals surface area contributed by atoms with Crippen molar-refractivity contribution in [2.45, 2.75) is 17.7 Å². The lowest BCUT2D eigenvalue weighted by molar-refractivity contribution is 0.600. The first-order valence-corrected chi connectivity index (χ1v) is 10.4. The minimum absolute atomic E-state index is 0.331. The lowest BCUT2D eigenvalue weighted by Gasteiger charge is -2.09. The summed E-state index contributed by atoms with van der Waals surface area (Å²) in [6.07, 6.45) is 6.59. The SMILES string of the molecule is O=S(=O)(/C(=C\C=C\c1ccccc1)CCc1ccccc1)c1ccccc1. The highest BCUT2D eigenvalue weighted by Crippen LogP contribution is 2.23. The predicted molar refractivity (Wildman–Crippen MR) is 112 cm³/mol. The van der Waals surface area contributed by atoms with Crippen LogP contribution in [0.15, 0.2) is 113 Å². The minimum Gasteiger partial charge on any atom is -0.219 e. The quantitative estimate of drug-likeness (QED) is 0.498. The molecule has 0 N–H and O–H groups in total. The van der Waals surface area contributed by atoms with Gasteiger partial charge in [-0.25, -0.2) is 8.42 Å². The molecule has 136 valence electrons. The molecule has 3 heteroatoms. The maximum absolute atomic E-state index is 13.1. The molecule has 2 nitrogen and oxygen atoms in total. The van der Waals surface area contributed by atoms with E-state index in [-0.39, 0.29) is 0 Å². The van der Waals surface area contributed by atoms with E-state index >= 15 is 0 Å². The monoisotopic (exact) mass is 374 g/mol. The van der Waals surface area contributed by atoms with E-state index in [1.165, 1.54) is 0 Å². The van der Waals surface area contributed by atoms with Crippen LogP contribution in [0.4, 0.5) is 0 Å². The summed E-state index contributed by atoms with van der Waals surface area (Å²) in [5.74, 6) is 0. The second-order valence-corrected chi connectivity index (χ2v) is 8.21. The van der Waals surface area contributed by atoms with Crippen LogP contribution < -0.4 is 0 Å². The molecule has 0 amide bonds. The van der Waals surface area contributed by atoms with Gasteiger partial charge in [0, 0.05) is 4.91 Å². The van der Waals surface area contributed by atoms with E-state index < -0.39 is 9.84 Å². The molecule has 0 aliphatic rings. The van der Waals surface area contributed by atoms with Gasteiger partial charge in [0.2, 0.25) is 9.84 Å². The van der Waals surface area contributed by atoms with Crippen LogP contribution in [0.1, 0.15) is 17.5 Å². The minimum atomic E-state index is -3.52. The molecule has 0 fully saturated rings. The maximum atomic E-state index is 13.1. The van der Waals surface area contributed by atoms with E-state index in [0.717, 1.165) is 11.1 Å². The van der Waals surface area contributed by atoms with Gasteiger partial charge in [0.15, 0.2) is 0 Å². The Morgan fingerprint density at radius 3 is 1.93 bits per heavy atom. The summed E-state index contributed by atoms with van der Waals surface area (Å²) >= 11 is 0. The molecule has 0 saturated heterocycles. The Morgan fingerprint density at radius 1 is 0.741 bits per heavy atom. The summed E-state index contributed by atoms with van der Waals surface area (Å²) in [6, 6.07) is 28.4. The van der Waals surface area contributed by atoms with Crippen molar-refractivity contribution in [1.29, 1.82) is 0 Å². The number of aryl methyl sites for hydroxylation is 1. The van der Waals surface area contributed by atoms with Crippen LogP contribution in [0.25, 0.3) is 6.08 Å². The molecule has 0 saturated carbocycles. The van der Waals surface area contributed by atoms with Crippen LogP contribution in [0.2, 0.25) is 0 Å². The Balaban J connectivity index is 1.88. The Labute approximate surface area is 161 Å². The fraction of sp³-hybridized carbons (Fsp3) is 0.0833. The van der Waals surface area contributed by atoms with Crippen LogP contribution in [-0.2, 0) is 16.3 Å². The van der Waals surface area contributed by atoms with Gasteiger partial charge in [-0.2, -0.15) is 0 Å². The highest BCUT2D eigenvalue weighted by atomic mass is 32.2. The van der Waals surface area contributed by atoms with Gasteiger partial charge in [-0.1, -0.05) is 91.0 Å². The molecule has 0 aliphatic carbocycles. The van der Waals surface area contributed by atoms with E-state index in [1.807, 2.05) is 78.9 Å². The standard InChI is InChI=1S/C24H22O2S/c25-27(26,23-16-8-3-9-17-23)24(20-19-22-13-6-2-7-14-22)18-10-15-21-11-4-1-5-12-21/h1-18H,19-20H2/b15-10+,24-18-. The largest absolute Gasteiger partial charge is 0.219 e. The molecular formula is C24H22O2S. The molecule has 3 aromatic rings. The number of rotatable bonds is 7. The van der Waals surface area contributed by atoms with Crippen molar-refractivity contribution < 1.29 is 8.42 Å². The third kappa shape index (κ3) is 5.28. The van der Waals surface area contributed by atoms with Crippen LogP contribution in [0, 0.1) is 0 Å². The molecule has 0 atom stereocenters. The van der Waals surface area contributed by atoms with Crippen molar-refractivity contribution in [2.75, 3.05) is 0 Å². The first kappa shape index (κ1) is 18.9. The third-order valence-corrected chi connectivity index (χ3v) is 6.20. The molecule has 0 bridgehead atoms. The normalized spacial score (nSPS) is 12.4. The molecule has 3 aromatic carbocycles. The highest BCUT2D eigenvalue weighted by molar-refractivity contribution is 7.95. The van der Waals surface area contributed by atoms with E-state index in [4.69, 9.17) is 0 Å². The summed E-state index contributed by atoms with van der Waals surface area (Å²) in [5, 5.41) is 0. The van der Waals surface area contributed by atoms with Gasteiger partial charge in [-0.3, -0.25) is 0 Å². The average molecular weight is 375 g/mol. The van der Waals surface area contributed by atoms with Crippen molar-refractivity contribution in [2.24, 2.45) is 0 Å². The van der Waals surface area contributed by atoms with E-state index in [1.54, 1.807) is 30.3 Å². The van der Waals surface area contributed by atoms with E-state index in [9.17, 15) is 8.42 Å². The molecule has 0 aromatic heterocycles. The first-order valence-electron chi connectivity index (χ1n) is 8.92. The van der Waals surface area contributed by atoms with E-state index in [0.29, 0.717) is 22.6 Å². The van der Waals surface area contributed by atoms with Crippen molar-refractivity contribution in [3.63, 3.8) is 0 Å². The lowest BCUT2D eigenvalue weighted by atomic mass is 10.1. The fourth-order valence-electron chi connectivity index (χ4n) is 2.80. The zero-order valence-corrected chi connectivity index (χ0v) is 15.8. The van der Waals surface area contributed by atoms with Crippen LogP contribution >= 0.6 is 0 Å². The van der Waals surface area contributed by atoms with Crippen LogP contribution in [-0.4, -0.2) is 8.42 Å². The molecular weight excluding hydrogens is 352 g/mol. The summed E-state index contributed by atoms with van der Waals surface area (Å²) in [5.41, 5.74) is 2.16. The van der Waals surface area contributed by atoms with Crippen LogP contribution in [0.5, 0.6) is 0 Å². The smallest absolute Gasteiger partial charge is 0.202 e. The Hall–Kier alpha value is -2.91. The Kier molecular flexibility index (Phi) is 6.39. The van der Waals surface area contributed by atoms with Gasteiger partial charge in [0.05, 0.1) is 4.90 Å². The zero-order chi connectivity index (χ0) is 19.0. The number of sulfone groups is 1. The summed E-state index contributed by atoms with van der Waals surface area (Å²) in [7, 11) is -3.52. The van der Waals surface area contributed by atoms with Crippen molar-refractivity contribution in [3.8, 4) is 0 Å². The van der Waals surface area contributed by atoms with Gasteiger partial charge in [-0.15, -0.1) is 0 Å². The molecule has 0 heterocycles. The third-order valence-electron chi connectivity index (χ3n) is 4.27. The molecule has 0 spiro atoms. The number of benzene rings is 3. The van der Waals surface area contributed by atoms with Crippen molar-refractivity contribution >= 4 is 15.9 Å². The zero-order valence-electron chi connectivity index (χ0n) is 15.0. The number of hydrogen-bond acceptors (Lipinski definition) is 2. The van der Waals surface area contributed by atoms with Crippen molar-refractivity contribution in [3.05, 3.63) is 119 Å². The summed E-state index contributed by atoms with van der Waals surface area (Å²) in [6.45, 7) is 0. The molecule has 27 heavy (non-hydrogen) atoms. The van der Waals surface area contributed by atoms with Gasteiger partial charge >= 0.3 is 0 Å².